The SMILES string of the molecule is COc1ccc([C@H]2C(=C(O)c3ccc(OCc4cccc(C)c4)cc3)C(=O)C(=O)N2Cc2ccncc2)cc1. The van der Waals surface area contributed by atoms with Crippen LogP contribution in [0.4, 0.5) is 0 Å². The Morgan fingerprint density at radius 1 is 0.897 bits per heavy atom. The van der Waals surface area contributed by atoms with Crippen LogP contribution in [0, 0.1) is 6.92 Å². The molecule has 0 radical (unpaired) electrons. The smallest absolute Gasteiger partial charge is 0.295 e. The summed E-state index contributed by atoms with van der Waals surface area (Å²) in [5.74, 6) is -0.380. The Balaban J connectivity index is 1.47. The Hall–Kier alpha value is -4.91. The highest BCUT2D eigenvalue weighted by molar-refractivity contribution is 6.46. The second kappa shape index (κ2) is 11.2. The van der Waals surface area contributed by atoms with Gasteiger partial charge in [0.1, 0.15) is 23.9 Å². The van der Waals surface area contributed by atoms with E-state index in [2.05, 4.69) is 11.1 Å². The lowest BCUT2D eigenvalue weighted by molar-refractivity contribution is -0.140. The molecule has 39 heavy (non-hydrogen) atoms. The van der Waals surface area contributed by atoms with Gasteiger partial charge in [-0.25, -0.2) is 0 Å². The van der Waals surface area contributed by atoms with Gasteiger partial charge in [0.05, 0.1) is 18.7 Å². The van der Waals surface area contributed by atoms with E-state index in [0.29, 0.717) is 29.2 Å². The first-order valence-corrected chi connectivity index (χ1v) is 12.5. The van der Waals surface area contributed by atoms with Crippen LogP contribution in [-0.2, 0) is 22.7 Å². The maximum absolute atomic E-state index is 13.3. The third-order valence-corrected chi connectivity index (χ3v) is 6.69. The van der Waals surface area contributed by atoms with Crippen molar-refractivity contribution in [1.29, 1.82) is 0 Å². The van der Waals surface area contributed by atoms with E-state index in [0.717, 1.165) is 16.7 Å². The van der Waals surface area contributed by atoms with Gasteiger partial charge in [-0.1, -0.05) is 42.0 Å². The minimum Gasteiger partial charge on any atom is -0.507 e. The second-order valence-corrected chi connectivity index (χ2v) is 9.36. The number of carbonyl (C=O) groups excluding carboxylic acids is 2. The summed E-state index contributed by atoms with van der Waals surface area (Å²) in [6, 6.07) is 24.8. The molecule has 196 valence electrons. The predicted octanol–water partition coefficient (Wildman–Crippen LogP) is 5.60. The number of nitrogens with zero attached hydrogens (tertiary/aromatic N) is 2. The van der Waals surface area contributed by atoms with Crippen molar-refractivity contribution in [3.8, 4) is 11.5 Å². The van der Waals surface area contributed by atoms with Crippen LogP contribution in [0.3, 0.4) is 0 Å². The summed E-state index contributed by atoms with van der Waals surface area (Å²) in [5.41, 5.74) is 4.16. The van der Waals surface area contributed by atoms with E-state index in [1.54, 1.807) is 80.2 Å². The first-order valence-electron chi connectivity index (χ1n) is 12.5. The summed E-state index contributed by atoms with van der Waals surface area (Å²) in [4.78, 5) is 32.0. The van der Waals surface area contributed by atoms with E-state index >= 15 is 0 Å². The quantitative estimate of drug-likeness (QED) is 0.185. The number of aryl methyl sites for hydroxylation is 1. The molecule has 4 aromatic rings. The molecule has 1 aliphatic heterocycles. The fourth-order valence-electron chi connectivity index (χ4n) is 4.69. The fourth-order valence-corrected chi connectivity index (χ4v) is 4.69. The Morgan fingerprint density at radius 3 is 2.26 bits per heavy atom. The highest BCUT2D eigenvalue weighted by atomic mass is 16.5. The van der Waals surface area contributed by atoms with Gasteiger partial charge in [0, 0.05) is 24.5 Å². The topological polar surface area (TPSA) is 89.0 Å². The van der Waals surface area contributed by atoms with E-state index in [4.69, 9.17) is 9.47 Å². The maximum Gasteiger partial charge on any atom is 0.295 e. The van der Waals surface area contributed by atoms with Crippen molar-refractivity contribution in [2.24, 2.45) is 0 Å². The van der Waals surface area contributed by atoms with Crippen LogP contribution in [-0.4, -0.2) is 33.8 Å². The summed E-state index contributed by atoms with van der Waals surface area (Å²) in [6.45, 7) is 2.62. The normalized spacial score (nSPS) is 16.4. The minimum absolute atomic E-state index is 0.0349. The number of benzene rings is 3. The van der Waals surface area contributed by atoms with E-state index < -0.39 is 17.7 Å². The van der Waals surface area contributed by atoms with Gasteiger partial charge in [-0.15, -0.1) is 0 Å². The zero-order valence-electron chi connectivity index (χ0n) is 21.7. The molecule has 0 spiro atoms. The van der Waals surface area contributed by atoms with Gasteiger partial charge >= 0.3 is 0 Å². The van der Waals surface area contributed by atoms with Crippen molar-refractivity contribution < 1.29 is 24.2 Å². The predicted molar refractivity (Wildman–Crippen MR) is 147 cm³/mol. The number of ketones is 1. The molecule has 1 aliphatic rings. The van der Waals surface area contributed by atoms with Crippen LogP contribution in [0.15, 0.2) is 103 Å². The molecular formula is C32H28N2O5. The zero-order chi connectivity index (χ0) is 27.4. The number of ether oxygens (including phenoxy) is 2. The number of hydrogen-bond acceptors (Lipinski definition) is 6. The van der Waals surface area contributed by atoms with Crippen LogP contribution in [0.1, 0.15) is 33.9 Å². The van der Waals surface area contributed by atoms with Crippen molar-refractivity contribution in [2.45, 2.75) is 26.1 Å². The molecule has 1 atom stereocenters. The van der Waals surface area contributed by atoms with Gasteiger partial charge in [0.2, 0.25) is 0 Å². The molecule has 0 bridgehead atoms. The van der Waals surface area contributed by atoms with E-state index in [1.165, 1.54) is 4.90 Å². The van der Waals surface area contributed by atoms with Crippen LogP contribution in [0.25, 0.3) is 5.76 Å². The summed E-state index contributed by atoms with van der Waals surface area (Å²) < 4.78 is 11.2. The highest BCUT2D eigenvalue weighted by Gasteiger charge is 2.46. The van der Waals surface area contributed by atoms with Crippen molar-refractivity contribution in [2.75, 3.05) is 7.11 Å². The molecule has 7 heteroatoms. The lowest BCUT2D eigenvalue weighted by Crippen LogP contribution is -2.29. The number of amides is 1. The van der Waals surface area contributed by atoms with Gasteiger partial charge in [-0.3, -0.25) is 14.6 Å². The van der Waals surface area contributed by atoms with Gasteiger partial charge in [0.15, 0.2) is 0 Å². The number of aliphatic hydroxyl groups is 1. The Labute approximate surface area is 227 Å². The number of rotatable bonds is 8. The zero-order valence-corrected chi connectivity index (χ0v) is 21.7. The average Bonchev–Trinajstić information content (AvgIpc) is 3.21. The highest BCUT2D eigenvalue weighted by Crippen LogP contribution is 2.40. The van der Waals surface area contributed by atoms with Gasteiger partial charge in [-0.05, 0) is 72.1 Å². The molecule has 3 aromatic carbocycles. The monoisotopic (exact) mass is 520 g/mol. The second-order valence-electron chi connectivity index (χ2n) is 9.36. The minimum atomic E-state index is -0.777. The van der Waals surface area contributed by atoms with Crippen molar-refractivity contribution in [1.82, 2.24) is 9.88 Å². The molecule has 2 heterocycles. The van der Waals surface area contributed by atoms with Gasteiger partial charge < -0.3 is 19.5 Å². The van der Waals surface area contributed by atoms with Crippen LogP contribution in [0.5, 0.6) is 11.5 Å². The maximum atomic E-state index is 13.3. The Morgan fingerprint density at radius 2 is 1.59 bits per heavy atom. The molecule has 1 amide bonds. The number of likely N-dealkylation sites (tertiary alicyclic amines) is 1. The number of aliphatic hydroxyl groups excluding tert-OH is 1. The van der Waals surface area contributed by atoms with Crippen LogP contribution < -0.4 is 9.47 Å². The van der Waals surface area contributed by atoms with Crippen LogP contribution >= 0.6 is 0 Å². The molecule has 0 saturated carbocycles. The lowest BCUT2D eigenvalue weighted by atomic mass is 9.95. The number of carbonyl (C=O) groups is 2. The molecule has 1 N–H and O–H groups in total. The summed E-state index contributed by atoms with van der Waals surface area (Å²) in [7, 11) is 1.57. The molecule has 1 saturated heterocycles. The van der Waals surface area contributed by atoms with E-state index in [1.807, 2.05) is 25.1 Å². The lowest BCUT2D eigenvalue weighted by Gasteiger charge is -2.25. The number of pyridine rings is 1. The van der Waals surface area contributed by atoms with E-state index in [9.17, 15) is 14.7 Å². The summed E-state index contributed by atoms with van der Waals surface area (Å²) in [6.07, 6.45) is 3.27. The third-order valence-electron chi connectivity index (χ3n) is 6.69. The fraction of sp³-hybridized carbons (Fsp3) is 0.156. The third kappa shape index (κ3) is 5.52. The standard InChI is InChI=1S/C32H28N2O5/c1-21-4-3-5-23(18-21)20-39-27-12-8-25(9-13-27)30(35)28-29(24-6-10-26(38-2)11-7-24)34(32(37)31(28)36)19-22-14-16-33-17-15-22/h3-18,29,35H,19-20H2,1-2H3/t29-/m0/s1. The summed E-state index contributed by atoms with van der Waals surface area (Å²) >= 11 is 0. The van der Waals surface area contributed by atoms with Crippen molar-refractivity contribution >= 4 is 17.4 Å². The molecule has 5 rings (SSSR count). The number of methoxy groups -OCH3 is 1. The molecule has 1 fully saturated rings. The van der Waals surface area contributed by atoms with Gasteiger partial charge in [-0.2, -0.15) is 0 Å². The Bertz CT molecular complexity index is 1510. The Kier molecular flexibility index (Phi) is 7.41. The largest absolute Gasteiger partial charge is 0.507 e. The number of hydrogen-bond donors (Lipinski definition) is 1. The first kappa shape index (κ1) is 25.7. The van der Waals surface area contributed by atoms with E-state index in [-0.39, 0.29) is 17.9 Å². The van der Waals surface area contributed by atoms with Gasteiger partial charge in [0.25, 0.3) is 11.7 Å². The molecule has 1 aromatic heterocycles. The summed E-state index contributed by atoms with van der Waals surface area (Å²) in [5, 5.41) is 11.4. The number of aromatic nitrogens is 1. The van der Waals surface area contributed by atoms with Crippen molar-refractivity contribution in [3.63, 3.8) is 0 Å². The van der Waals surface area contributed by atoms with Crippen molar-refractivity contribution in [3.05, 3.63) is 131 Å². The number of Topliss-reactive ketones (excluding diaryl/α,β-unsaturated/α-hetero) is 1. The molecule has 0 unspecified atom stereocenters. The molecule has 7 nitrogen and oxygen atoms in total. The van der Waals surface area contributed by atoms with Crippen LogP contribution in [0.2, 0.25) is 0 Å². The molecule has 0 aliphatic carbocycles. The molecular weight excluding hydrogens is 492 g/mol. The average molecular weight is 521 g/mol. The first-order chi connectivity index (χ1) is 18.9.